The van der Waals surface area contributed by atoms with Gasteiger partial charge in [0.1, 0.15) is 0 Å². The molecule has 0 rings (SSSR count). The molecule has 0 saturated carbocycles. The van der Waals surface area contributed by atoms with Crippen LogP contribution in [0.15, 0.2) is 0 Å². The van der Waals surface area contributed by atoms with Crippen LogP contribution in [0.1, 0.15) is 0 Å². The minimum Gasteiger partial charge on any atom is -0.382 e. The van der Waals surface area contributed by atoms with E-state index >= 15 is 0 Å². The molecule has 0 bridgehead atoms. The summed E-state index contributed by atoms with van der Waals surface area (Å²) in [5.41, 5.74) is 0. The van der Waals surface area contributed by atoms with E-state index in [9.17, 15) is 18.0 Å². The molecule has 1 atom stereocenters. The number of alkyl halides is 3. The van der Waals surface area contributed by atoms with Crippen molar-refractivity contribution in [2.75, 3.05) is 20.1 Å². The van der Waals surface area contributed by atoms with E-state index in [1.807, 2.05) is 5.32 Å². The highest BCUT2D eigenvalue weighted by Gasteiger charge is 2.38. The Hall–Kier alpha value is -0.820. The lowest BCUT2D eigenvalue weighted by atomic mass is 10.3. The maximum absolute atomic E-state index is 11.7. The highest BCUT2D eigenvalue weighted by Crippen LogP contribution is 2.18. The zero-order valence-electron chi connectivity index (χ0n) is 6.98. The van der Waals surface area contributed by atoms with Gasteiger partial charge in [-0.05, 0) is 7.05 Å². The van der Waals surface area contributed by atoms with Gasteiger partial charge in [-0.25, -0.2) is 0 Å². The fourth-order valence-electron chi connectivity index (χ4n) is 0.549. The van der Waals surface area contributed by atoms with E-state index in [0.717, 1.165) is 0 Å². The molecule has 0 aliphatic rings. The van der Waals surface area contributed by atoms with E-state index in [0.29, 0.717) is 0 Å². The molecule has 4 nitrogen and oxygen atoms in total. The van der Waals surface area contributed by atoms with E-state index in [1.54, 1.807) is 0 Å². The summed E-state index contributed by atoms with van der Waals surface area (Å²) < 4.78 is 35.0. The second-order valence-corrected chi connectivity index (χ2v) is 2.39. The van der Waals surface area contributed by atoms with Gasteiger partial charge in [0.25, 0.3) is 0 Å². The lowest BCUT2D eigenvalue weighted by Crippen LogP contribution is -2.42. The number of carbonyl (C=O) groups is 1. The van der Waals surface area contributed by atoms with Crippen molar-refractivity contribution in [3.8, 4) is 0 Å². The molecule has 0 fully saturated rings. The Kier molecular flexibility index (Phi) is 4.71. The van der Waals surface area contributed by atoms with Crippen molar-refractivity contribution in [1.29, 1.82) is 0 Å². The first-order valence-electron chi connectivity index (χ1n) is 3.54. The smallest absolute Gasteiger partial charge is 0.382 e. The Bertz CT molecular complexity index is 172. The number of carbonyl (C=O) groups excluding carboxylic acids is 1. The van der Waals surface area contributed by atoms with Crippen LogP contribution in [0.3, 0.4) is 0 Å². The zero-order valence-corrected chi connectivity index (χ0v) is 6.98. The molecule has 7 heteroatoms. The SMILES string of the molecule is CNCC(=O)NCC(O)C(F)(F)F. The second-order valence-electron chi connectivity index (χ2n) is 2.39. The molecule has 0 aromatic carbocycles. The van der Waals surface area contributed by atoms with Crippen LogP contribution >= 0.6 is 0 Å². The van der Waals surface area contributed by atoms with Gasteiger partial charge < -0.3 is 15.7 Å². The minimum atomic E-state index is -4.69. The van der Waals surface area contributed by atoms with E-state index in [2.05, 4.69) is 5.32 Å². The number of hydrogen-bond acceptors (Lipinski definition) is 3. The first-order valence-corrected chi connectivity index (χ1v) is 3.54. The molecule has 13 heavy (non-hydrogen) atoms. The van der Waals surface area contributed by atoms with E-state index in [-0.39, 0.29) is 6.54 Å². The van der Waals surface area contributed by atoms with Crippen LogP contribution in [0.4, 0.5) is 13.2 Å². The first kappa shape index (κ1) is 12.2. The van der Waals surface area contributed by atoms with Gasteiger partial charge in [0.2, 0.25) is 5.91 Å². The first-order chi connectivity index (χ1) is 5.88. The fourth-order valence-corrected chi connectivity index (χ4v) is 0.549. The number of hydrogen-bond donors (Lipinski definition) is 3. The van der Waals surface area contributed by atoms with Crippen molar-refractivity contribution >= 4 is 5.91 Å². The zero-order chi connectivity index (χ0) is 10.5. The molecule has 0 aromatic rings. The van der Waals surface area contributed by atoms with Crippen LogP contribution in [0, 0.1) is 0 Å². The average Bonchev–Trinajstić information content (AvgIpc) is 1.99. The lowest BCUT2D eigenvalue weighted by Gasteiger charge is -2.14. The molecule has 0 radical (unpaired) electrons. The van der Waals surface area contributed by atoms with Gasteiger partial charge >= 0.3 is 6.18 Å². The number of aliphatic hydroxyl groups excluding tert-OH is 1. The Balaban J connectivity index is 3.70. The molecule has 0 heterocycles. The van der Waals surface area contributed by atoms with Gasteiger partial charge in [-0.15, -0.1) is 0 Å². The van der Waals surface area contributed by atoms with Crippen LogP contribution in [-0.2, 0) is 4.79 Å². The molecule has 0 aliphatic heterocycles. The summed E-state index contributed by atoms with van der Waals surface area (Å²) in [4.78, 5) is 10.6. The van der Waals surface area contributed by atoms with Crippen LogP contribution in [0.5, 0.6) is 0 Å². The molecular formula is C6H11F3N2O2. The lowest BCUT2D eigenvalue weighted by molar-refractivity contribution is -0.201. The maximum atomic E-state index is 11.7. The molecule has 78 valence electrons. The van der Waals surface area contributed by atoms with Gasteiger partial charge in [-0.3, -0.25) is 4.79 Å². The Morgan fingerprint density at radius 2 is 2.08 bits per heavy atom. The van der Waals surface area contributed by atoms with E-state index < -0.39 is 24.7 Å². The largest absolute Gasteiger partial charge is 0.416 e. The second kappa shape index (κ2) is 5.03. The number of rotatable bonds is 4. The van der Waals surface area contributed by atoms with Crippen molar-refractivity contribution < 1.29 is 23.1 Å². The monoisotopic (exact) mass is 200 g/mol. The molecule has 1 amide bonds. The molecule has 0 aromatic heterocycles. The van der Waals surface area contributed by atoms with Crippen molar-refractivity contribution in [3.63, 3.8) is 0 Å². The summed E-state index contributed by atoms with van der Waals surface area (Å²) in [5, 5.41) is 12.8. The predicted molar refractivity (Wildman–Crippen MR) is 39.0 cm³/mol. The topological polar surface area (TPSA) is 61.4 Å². The summed E-state index contributed by atoms with van der Waals surface area (Å²) in [6, 6.07) is 0. The molecule has 3 N–H and O–H groups in total. The summed E-state index contributed by atoms with van der Waals surface area (Å²) in [5.74, 6) is -0.592. The third-order valence-corrected chi connectivity index (χ3v) is 1.21. The van der Waals surface area contributed by atoms with E-state index in [4.69, 9.17) is 5.11 Å². The normalized spacial score (nSPS) is 13.9. The quantitative estimate of drug-likeness (QED) is 0.559. The molecular weight excluding hydrogens is 189 g/mol. The number of amides is 1. The highest BCUT2D eigenvalue weighted by molar-refractivity contribution is 5.77. The van der Waals surface area contributed by atoms with Gasteiger partial charge in [-0.1, -0.05) is 0 Å². The molecule has 0 spiro atoms. The summed E-state index contributed by atoms with van der Waals surface area (Å²) in [6.45, 7) is -0.894. The Morgan fingerprint density at radius 3 is 2.46 bits per heavy atom. The standard InChI is InChI=1S/C6H11F3N2O2/c1-10-3-5(13)11-2-4(12)6(7,8)9/h4,10,12H,2-3H2,1H3,(H,11,13). The van der Waals surface area contributed by atoms with Crippen molar-refractivity contribution in [3.05, 3.63) is 0 Å². The Morgan fingerprint density at radius 1 is 1.54 bits per heavy atom. The Labute approximate surface area is 73.1 Å². The summed E-state index contributed by atoms with van der Waals surface area (Å²) >= 11 is 0. The van der Waals surface area contributed by atoms with Crippen molar-refractivity contribution in [1.82, 2.24) is 10.6 Å². The van der Waals surface area contributed by atoms with Crippen LogP contribution in [0.2, 0.25) is 0 Å². The van der Waals surface area contributed by atoms with Gasteiger partial charge in [0, 0.05) is 0 Å². The molecule has 1 unspecified atom stereocenters. The average molecular weight is 200 g/mol. The minimum absolute atomic E-state index is 0.0788. The number of halogens is 3. The maximum Gasteiger partial charge on any atom is 0.416 e. The van der Waals surface area contributed by atoms with Crippen LogP contribution in [0.25, 0.3) is 0 Å². The van der Waals surface area contributed by atoms with Gasteiger partial charge in [0.15, 0.2) is 6.10 Å². The van der Waals surface area contributed by atoms with Gasteiger partial charge in [0.05, 0.1) is 13.1 Å². The van der Waals surface area contributed by atoms with Crippen molar-refractivity contribution in [2.45, 2.75) is 12.3 Å². The predicted octanol–water partition coefficient (Wildman–Crippen LogP) is -0.755. The number of likely N-dealkylation sites (N-methyl/N-ethyl adjacent to an activating group) is 1. The van der Waals surface area contributed by atoms with Crippen LogP contribution < -0.4 is 10.6 Å². The third kappa shape index (κ3) is 5.42. The fraction of sp³-hybridized carbons (Fsp3) is 0.833. The molecule has 0 saturated heterocycles. The van der Waals surface area contributed by atoms with E-state index in [1.165, 1.54) is 7.05 Å². The van der Waals surface area contributed by atoms with Gasteiger partial charge in [-0.2, -0.15) is 13.2 Å². The molecule has 0 aliphatic carbocycles. The number of nitrogens with one attached hydrogen (secondary N) is 2. The highest BCUT2D eigenvalue weighted by atomic mass is 19.4. The summed E-state index contributed by atoms with van der Waals surface area (Å²) in [6.07, 6.45) is -7.19. The van der Waals surface area contributed by atoms with Crippen LogP contribution in [-0.4, -0.2) is 43.4 Å². The third-order valence-electron chi connectivity index (χ3n) is 1.21. The summed E-state index contributed by atoms with van der Waals surface area (Å²) in [7, 11) is 1.49. The number of aliphatic hydroxyl groups is 1. The van der Waals surface area contributed by atoms with Crippen molar-refractivity contribution in [2.24, 2.45) is 0 Å².